The molecule has 0 saturated carbocycles. The zero-order chi connectivity index (χ0) is 12.1. The highest BCUT2D eigenvalue weighted by Crippen LogP contribution is 2.14. The largest absolute Gasteiger partial charge is 0.348 e. The molecule has 1 N–H and O–H groups in total. The normalized spacial score (nSPS) is 19.0. The number of imidazole rings is 1. The Balaban J connectivity index is 1.66. The van der Waals surface area contributed by atoms with Crippen molar-refractivity contribution >= 4 is 0 Å². The van der Waals surface area contributed by atoms with Gasteiger partial charge in [-0.1, -0.05) is 0 Å². The third kappa shape index (κ3) is 3.82. The standard InChI is InChI=1S/C13H24N4/c1-12(17-8-3-4-9-17)5-10-16(2)11-13-14-6-7-15-13/h6-7,12H,3-5,8-11H2,1-2H3,(H,14,15)/t12-/m0/s1. The Morgan fingerprint density at radius 1 is 1.47 bits per heavy atom. The Hall–Kier alpha value is -0.870. The van der Waals surface area contributed by atoms with Crippen molar-refractivity contribution in [1.29, 1.82) is 0 Å². The van der Waals surface area contributed by atoms with E-state index in [-0.39, 0.29) is 0 Å². The fraction of sp³-hybridized carbons (Fsp3) is 0.769. The highest BCUT2D eigenvalue weighted by atomic mass is 15.2. The predicted octanol–water partition coefficient (Wildman–Crippen LogP) is 1.72. The van der Waals surface area contributed by atoms with Crippen LogP contribution in [0.3, 0.4) is 0 Å². The van der Waals surface area contributed by atoms with Gasteiger partial charge in [0, 0.05) is 18.4 Å². The van der Waals surface area contributed by atoms with Crippen LogP contribution in [0, 0.1) is 0 Å². The van der Waals surface area contributed by atoms with Crippen LogP contribution in [-0.2, 0) is 6.54 Å². The summed E-state index contributed by atoms with van der Waals surface area (Å²) in [5.41, 5.74) is 0. The van der Waals surface area contributed by atoms with E-state index in [1.165, 1.54) is 32.4 Å². The van der Waals surface area contributed by atoms with Crippen LogP contribution in [0.25, 0.3) is 0 Å². The molecule has 4 nitrogen and oxygen atoms in total. The summed E-state index contributed by atoms with van der Waals surface area (Å²) in [4.78, 5) is 12.4. The maximum Gasteiger partial charge on any atom is 0.120 e. The lowest BCUT2D eigenvalue weighted by atomic mass is 10.2. The molecule has 0 radical (unpaired) electrons. The molecule has 4 heteroatoms. The molecule has 2 heterocycles. The number of nitrogens with zero attached hydrogens (tertiary/aromatic N) is 3. The van der Waals surface area contributed by atoms with Gasteiger partial charge in [-0.3, -0.25) is 4.90 Å². The molecule has 1 fully saturated rings. The SMILES string of the molecule is C[C@@H](CCN(C)Cc1ncc[nH]1)N1CCCC1. The summed E-state index contributed by atoms with van der Waals surface area (Å²) >= 11 is 0. The summed E-state index contributed by atoms with van der Waals surface area (Å²) < 4.78 is 0. The van der Waals surface area contributed by atoms with Crippen LogP contribution in [0.15, 0.2) is 12.4 Å². The summed E-state index contributed by atoms with van der Waals surface area (Å²) in [5, 5.41) is 0. The quantitative estimate of drug-likeness (QED) is 0.817. The molecule has 96 valence electrons. The van der Waals surface area contributed by atoms with E-state index in [0.29, 0.717) is 0 Å². The molecule has 1 aromatic rings. The van der Waals surface area contributed by atoms with Crippen LogP contribution in [0.2, 0.25) is 0 Å². The second kappa shape index (κ2) is 6.17. The molecule has 1 aliphatic rings. The van der Waals surface area contributed by atoms with Gasteiger partial charge in [0.05, 0.1) is 6.54 Å². The third-order valence-electron chi connectivity index (χ3n) is 3.67. The summed E-state index contributed by atoms with van der Waals surface area (Å²) in [6.45, 7) is 7.00. The van der Waals surface area contributed by atoms with E-state index < -0.39 is 0 Å². The fourth-order valence-corrected chi connectivity index (χ4v) is 2.49. The van der Waals surface area contributed by atoms with Crippen LogP contribution in [0.4, 0.5) is 0 Å². The molecule has 0 aromatic carbocycles. The number of hydrogen-bond acceptors (Lipinski definition) is 3. The monoisotopic (exact) mass is 236 g/mol. The first-order chi connectivity index (χ1) is 8.25. The second-order valence-corrected chi connectivity index (χ2v) is 5.15. The lowest BCUT2D eigenvalue weighted by molar-refractivity contribution is 0.214. The molecule has 0 spiro atoms. The topological polar surface area (TPSA) is 35.2 Å². The number of H-pyrrole nitrogens is 1. The molecule has 17 heavy (non-hydrogen) atoms. The molecule has 1 aliphatic heterocycles. The van der Waals surface area contributed by atoms with Crippen molar-refractivity contribution in [1.82, 2.24) is 19.8 Å². The van der Waals surface area contributed by atoms with Gasteiger partial charge in [-0.25, -0.2) is 4.98 Å². The molecule has 1 saturated heterocycles. The number of hydrogen-bond donors (Lipinski definition) is 1. The van der Waals surface area contributed by atoms with Crippen molar-refractivity contribution < 1.29 is 0 Å². The summed E-state index contributed by atoms with van der Waals surface area (Å²) in [6.07, 6.45) is 7.71. The van der Waals surface area contributed by atoms with Crippen LogP contribution >= 0.6 is 0 Å². The highest BCUT2D eigenvalue weighted by molar-refractivity contribution is 4.86. The van der Waals surface area contributed by atoms with Gasteiger partial charge in [0.2, 0.25) is 0 Å². The minimum absolute atomic E-state index is 0.719. The maximum atomic E-state index is 4.25. The Bertz CT molecular complexity index is 303. The molecular weight excluding hydrogens is 212 g/mol. The van der Waals surface area contributed by atoms with E-state index in [2.05, 4.69) is 33.7 Å². The Kier molecular flexibility index (Phi) is 4.57. The molecular formula is C13H24N4. The van der Waals surface area contributed by atoms with Crippen molar-refractivity contribution in [2.24, 2.45) is 0 Å². The minimum atomic E-state index is 0.719. The molecule has 0 aliphatic carbocycles. The predicted molar refractivity (Wildman–Crippen MR) is 69.8 cm³/mol. The maximum absolute atomic E-state index is 4.25. The van der Waals surface area contributed by atoms with Gasteiger partial charge in [0.15, 0.2) is 0 Å². The van der Waals surface area contributed by atoms with Crippen molar-refractivity contribution in [3.8, 4) is 0 Å². The molecule has 0 bridgehead atoms. The van der Waals surface area contributed by atoms with E-state index in [4.69, 9.17) is 0 Å². The van der Waals surface area contributed by atoms with Crippen LogP contribution < -0.4 is 0 Å². The van der Waals surface area contributed by atoms with Crippen molar-refractivity contribution in [2.45, 2.75) is 38.8 Å². The van der Waals surface area contributed by atoms with Crippen molar-refractivity contribution in [3.63, 3.8) is 0 Å². The van der Waals surface area contributed by atoms with E-state index in [1.54, 1.807) is 0 Å². The van der Waals surface area contributed by atoms with Gasteiger partial charge >= 0.3 is 0 Å². The van der Waals surface area contributed by atoms with Gasteiger partial charge in [-0.2, -0.15) is 0 Å². The number of rotatable bonds is 6. The average Bonchev–Trinajstić information content (AvgIpc) is 2.97. The van der Waals surface area contributed by atoms with Crippen LogP contribution in [-0.4, -0.2) is 52.5 Å². The number of nitrogens with one attached hydrogen (secondary N) is 1. The molecule has 1 atom stereocenters. The Labute approximate surface area is 104 Å². The van der Waals surface area contributed by atoms with Gasteiger partial charge < -0.3 is 9.88 Å². The number of aromatic nitrogens is 2. The zero-order valence-electron chi connectivity index (χ0n) is 11.0. The Morgan fingerprint density at radius 2 is 2.24 bits per heavy atom. The molecule has 0 amide bonds. The summed E-state index contributed by atoms with van der Waals surface area (Å²) in [6, 6.07) is 0.719. The fourth-order valence-electron chi connectivity index (χ4n) is 2.49. The second-order valence-electron chi connectivity index (χ2n) is 5.15. The van der Waals surface area contributed by atoms with Gasteiger partial charge in [-0.15, -0.1) is 0 Å². The lowest BCUT2D eigenvalue weighted by Gasteiger charge is -2.25. The number of aromatic amines is 1. The van der Waals surface area contributed by atoms with E-state index in [1.807, 2.05) is 12.4 Å². The van der Waals surface area contributed by atoms with E-state index in [0.717, 1.165) is 25.0 Å². The summed E-state index contributed by atoms with van der Waals surface area (Å²) in [5.74, 6) is 1.06. The van der Waals surface area contributed by atoms with Gasteiger partial charge in [-0.05, 0) is 52.9 Å². The third-order valence-corrected chi connectivity index (χ3v) is 3.67. The smallest absolute Gasteiger partial charge is 0.120 e. The molecule has 0 unspecified atom stereocenters. The lowest BCUT2D eigenvalue weighted by Crippen LogP contribution is -2.33. The summed E-state index contributed by atoms with van der Waals surface area (Å²) in [7, 11) is 2.17. The first-order valence-corrected chi connectivity index (χ1v) is 6.66. The highest BCUT2D eigenvalue weighted by Gasteiger charge is 2.18. The van der Waals surface area contributed by atoms with E-state index >= 15 is 0 Å². The minimum Gasteiger partial charge on any atom is -0.348 e. The van der Waals surface area contributed by atoms with Gasteiger partial charge in [0.1, 0.15) is 5.82 Å². The first kappa shape index (κ1) is 12.6. The van der Waals surface area contributed by atoms with Crippen LogP contribution in [0.5, 0.6) is 0 Å². The Morgan fingerprint density at radius 3 is 2.88 bits per heavy atom. The first-order valence-electron chi connectivity index (χ1n) is 6.66. The zero-order valence-corrected chi connectivity index (χ0v) is 11.0. The van der Waals surface area contributed by atoms with Crippen molar-refractivity contribution in [3.05, 3.63) is 18.2 Å². The van der Waals surface area contributed by atoms with E-state index in [9.17, 15) is 0 Å². The molecule has 1 aromatic heterocycles. The number of likely N-dealkylation sites (tertiary alicyclic amines) is 1. The van der Waals surface area contributed by atoms with Crippen molar-refractivity contribution in [2.75, 3.05) is 26.7 Å². The van der Waals surface area contributed by atoms with Gasteiger partial charge in [0.25, 0.3) is 0 Å². The van der Waals surface area contributed by atoms with Crippen LogP contribution in [0.1, 0.15) is 32.0 Å². The average molecular weight is 236 g/mol. The molecule has 2 rings (SSSR count).